The molecule has 0 aliphatic heterocycles. The van der Waals surface area contributed by atoms with E-state index in [2.05, 4.69) is 9.47 Å². The van der Waals surface area contributed by atoms with Crippen molar-refractivity contribution in [2.75, 3.05) is 6.61 Å². The number of carbonyl (C=O) groups excluding carboxylic acids is 1. The van der Waals surface area contributed by atoms with Gasteiger partial charge in [0.1, 0.15) is 5.75 Å². The number of nitrogens with zero attached hydrogens (tertiary/aromatic N) is 1. The second-order valence-electron chi connectivity index (χ2n) is 3.88. The Morgan fingerprint density at radius 2 is 2.10 bits per heavy atom. The molecule has 0 aliphatic rings. The van der Waals surface area contributed by atoms with E-state index in [1.54, 1.807) is 13.0 Å². The van der Waals surface area contributed by atoms with Gasteiger partial charge in [-0.2, -0.15) is 5.26 Å². The largest absolute Gasteiger partial charge is 0.573 e. The van der Waals surface area contributed by atoms with Gasteiger partial charge in [-0.05, 0) is 13.0 Å². The van der Waals surface area contributed by atoms with Crippen molar-refractivity contribution in [3.8, 4) is 11.8 Å². The molecule has 0 radical (unpaired) electrons. The first-order valence-corrected chi connectivity index (χ1v) is 5.89. The van der Waals surface area contributed by atoms with Crippen LogP contribution in [0, 0.1) is 11.3 Å². The highest BCUT2D eigenvalue weighted by molar-refractivity contribution is 5.75. The Labute approximate surface area is 118 Å². The summed E-state index contributed by atoms with van der Waals surface area (Å²) in [6, 6.07) is 4.03. The summed E-state index contributed by atoms with van der Waals surface area (Å²) in [6.07, 6.45) is -5.57. The van der Waals surface area contributed by atoms with Crippen LogP contribution >= 0.6 is 0 Å². The summed E-state index contributed by atoms with van der Waals surface area (Å²) >= 11 is 0. The molecule has 0 fully saturated rings. The smallest absolute Gasteiger partial charge is 0.466 e. The summed E-state index contributed by atoms with van der Waals surface area (Å²) in [6.45, 7) is 0.864. The molecule has 8 heteroatoms. The molecule has 0 unspecified atom stereocenters. The predicted molar refractivity (Wildman–Crippen MR) is 64.1 cm³/mol. The summed E-state index contributed by atoms with van der Waals surface area (Å²) < 4.78 is 45.9. The standard InChI is InChI=1S/C13H12F3NO4/c1-2-20-11(19)5-10-8(6-17)3-4-9(7-18)12(10)21-13(14,15)16/h3-4,18H,2,5,7H2,1H3. The number of aliphatic hydroxyl groups is 1. The van der Waals surface area contributed by atoms with E-state index in [0.29, 0.717) is 0 Å². The molecule has 114 valence electrons. The lowest BCUT2D eigenvalue weighted by molar-refractivity contribution is -0.275. The van der Waals surface area contributed by atoms with Crippen molar-refractivity contribution in [1.29, 1.82) is 5.26 Å². The van der Waals surface area contributed by atoms with E-state index in [1.807, 2.05) is 0 Å². The van der Waals surface area contributed by atoms with Gasteiger partial charge in [0, 0.05) is 11.1 Å². The number of hydrogen-bond donors (Lipinski definition) is 1. The topological polar surface area (TPSA) is 79.6 Å². The summed E-state index contributed by atoms with van der Waals surface area (Å²) in [7, 11) is 0. The van der Waals surface area contributed by atoms with Crippen molar-refractivity contribution in [1.82, 2.24) is 0 Å². The average molecular weight is 303 g/mol. The summed E-state index contributed by atoms with van der Waals surface area (Å²) in [5.74, 6) is -1.53. The third kappa shape index (κ3) is 4.65. The van der Waals surface area contributed by atoms with Crippen molar-refractivity contribution in [2.45, 2.75) is 26.3 Å². The number of aliphatic hydroxyl groups excluding tert-OH is 1. The number of carbonyl (C=O) groups is 1. The molecule has 0 aromatic heterocycles. The normalized spacial score (nSPS) is 10.9. The van der Waals surface area contributed by atoms with Crippen molar-refractivity contribution >= 4 is 5.97 Å². The van der Waals surface area contributed by atoms with Gasteiger partial charge in [-0.15, -0.1) is 13.2 Å². The van der Waals surface area contributed by atoms with Gasteiger partial charge in [0.05, 0.1) is 31.3 Å². The highest BCUT2D eigenvalue weighted by Crippen LogP contribution is 2.33. The Bertz CT molecular complexity index is 564. The Morgan fingerprint density at radius 1 is 1.43 bits per heavy atom. The molecule has 0 atom stereocenters. The molecule has 1 aromatic rings. The number of hydrogen-bond acceptors (Lipinski definition) is 5. The van der Waals surface area contributed by atoms with Gasteiger partial charge in [-0.1, -0.05) is 6.07 Å². The SMILES string of the molecule is CCOC(=O)Cc1c(C#N)ccc(CO)c1OC(F)(F)F. The van der Waals surface area contributed by atoms with Crippen LogP contribution in [0.3, 0.4) is 0 Å². The van der Waals surface area contributed by atoms with Crippen molar-refractivity contribution in [3.05, 3.63) is 28.8 Å². The van der Waals surface area contributed by atoms with Gasteiger partial charge >= 0.3 is 12.3 Å². The Kier molecular flexibility index (Phi) is 5.55. The van der Waals surface area contributed by atoms with Crippen LogP contribution in [0.2, 0.25) is 0 Å². The molecule has 0 heterocycles. The fourth-order valence-corrected chi connectivity index (χ4v) is 1.68. The van der Waals surface area contributed by atoms with Crippen LogP contribution in [-0.2, 0) is 22.6 Å². The highest BCUT2D eigenvalue weighted by Gasteiger charge is 2.34. The minimum Gasteiger partial charge on any atom is -0.466 e. The van der Waals surface area contributed by atoms with E-state index in [9.17, 15) is 18.0 Å². The van der Waals surface area contributed by atoms with Crippen molar-refractivity contribution in [2.24, 2.45) is 0 Å². The second kappa shape index (κ2) is 6.95. The van der Waals surface area contributed by atoms with E-state index in [-0.39, 0.29) is 23.3 Å². The average Bonchev–Trinajstić information content (AvgIpc) is 2.39. The molecule has 0 spiro atoms. The Balaban J connectivity index is 3.34. The maximum Gasteiger partial charge on any atom is 0.573 e. The fourth-order valence-electron chi connectivity index (χ4n) is 1.68. The molecule has 1 aromatic carbocycles. The molecule has 1 N–H and O–H groups in total. The lowest BCUT2D eigenvalue weighted by Gasteiger charge is -2.17. The fraction of sp³-hybridized carbons (Fsp3) is 0.385. The van der Waals surface area contributed by atoms with Gasteiger partial charge < -0.3 is 14.6 Å². The molecule has 0 saturated heterocycles. The predicted octanol–water partition coefficient (Wildman–Crippen LogP) is 2.05. The maximum absolute atomic E-state index is 12.5. The number of benzene rings is 1. The molecular weight excluding hydrogens is 291 g/mol. The lowest BCUT2D eigenvalue weighted by atomic mass is 10.0. The number of esters is 1. The van der Waals surface area contributed by atoms with Crippen LogP contribution in [0.1, 0.15) is 23.6 Å². The number of ether oxygens (including phenoxy) is 2. The zero-order chi connectivity index (χ0) is 16.0. The molecule has 5 nitrogen and oxygen atoms in total. The molecule has 0 saturated carbocycles. The van der Waals surface area contributed by atoms with Crippen LogP contribution in [0.15, 0.2) is 12.1 Å². The van der Waals surface area contributed by atoms with E-state index < -0.39 is 31.1 Å². The van der Waals surface area contributed by atoms with Gasteiger partial charge in [0.15, 0.2) is 0 Å². The first-order chi connectivity index (χ1) is 9.82. The zero-order valence-electron chi connectivity index (χ0n) is 11.0. The summed E-state index contributed by atoms with van der Waals surface area (Å²) in [5.41, 5.74) is -0.593. The lowest BCUT2D eigenvalue weighted by Crippen LogP contribution is -2.21. The monoisotopic (exact) mass is 303 g/mol. The highest BCUT2D eigenvalue weighted by atomic mass is 19.4. The minimum absolute atomic E-state index is 0.0515. The molecule has 0 aliphatic carbocycles. The number of alkyl halides is 3. The molecule has 0 amide bonds. The van der Waals surface area contributed by atoms with E-state index >= 15 is 0 Å². The third-order valence-electron chi connectivity index (χ3n) is 2.48. The van der Waals surface area contributed by atoms with Gasteiger partial charge in [0.25, 0.3) is 0 Å². The van der Waals surface area contributed by atoms with Gasteiger partial charge in [-0.3, -0.25) is 4.79 Å². The van der Waals surface area contributed by atoms with Crippen molar-refractivity contribution in [3.63, 3.8) is 0 Å². The van der Waals surface area contributed by atoms with E-state index in [4.69, 9.17) is 10.4 Å². The Morgan fingerprint density at radius 3 is 2.57 bits per heavy atom. The van der Waals surface area contributed by atoms with Crippen LogP contribution < -0.4 is 4.74 Å². The third-order valence-corrected chi connectivity index (χ3v) is 2.48. The first-order valence-electron chi connectivity index (χ1n) is 5.89. The van der Waals surface area contributed by atoms with E-state index in [1.165, 1.54) is 6.07 Å². The number of halogens is 3. The number of rotatable bonds is 5. The molecule has 1 rings (SSSR count). The van der Waals surface area contributed by atoms with Crippen LogP contribution in [0.25, 0.3) is 0 Å². The van der Waals surface area contributed by atoms with Gasteiger partial charge in [-0.25, -0.2) is 0 Å². The molecule has 21 heavy (non-hydrogen) atoms. The van der Waals surface area contributed by atoms with Crippen LogP contribution in [0.4, 0.5) is 13.2 Å². The number of nitriles is 1. The van der Waals surface area contributed by atoms with Crippen molar-refractivity contribution < 1.29 is 32.5 Å². The van der Waals surface area contributed by atoms with Crippen LogP contribution in [-0.4, -0.2) is 24.0 Å². The van der Waals surface area contributed by atoms with Crippen LogP contribution in [0.5, 0.6) is 5.75 Å². The quantitative estimate of drug-likeness (QED) is 0.842. The first kappa shape index (κ1) is 16.8. The Hall–Kier alpha value is -2.27. The molecular formula is C13H12F3NO4. The van der Waals surface area contributed by atoms with Gasteiger partial charge in [0.2, 0.25) is 0 Å². The zero-order valence-corrected chi connectivity index (χ0v) is 11.0. The molecule has 0 bridgehead atoms. The maximum atomic E-state index is 12.5. The summed E-state index contributed by atoms with van der Waals surface area (Å²) in [5, 5.41) is 18.0. The second-order valence-corrected chi connectivity index (χ2v) is 3.88. The summed E-state index contributed by atoms with van der Waals surface area (Å²) in [4.78, 5) is 11.5. The minimum atomic E-state index is -5.01. The van der Waals surface area contributed by atoms with E-state index in [0.717, 1.165) is 6.07 Å².